The third-order valence-electron chi connectivity index (χ3n) is 3.79. The third kappa shape index (κ3) is 14.3. The molecule has 7 nitrogen and oxygen atoms in total. The first kappa shape index (κ1) is 24.4. The van der Waals surface area contributed by atoms with E-state index in [1.165, 1.54) is 12.2 Å². The number of hydrogen-bond acceptors (Lipinski definition) is 5. The first-order chi connectivity index (χ1) is 13.0. The summed E-state index contributed by atoms with van der Waals surface area (Å²) in [6.07, 6.45) is 18.3. The number of allylic oxidation sites excluding steroid dienone is 6. The molecule has 0 atom stereocenters. The molecule has 0 aromatic rings. The molecule has 0 aromatic carbocycles. The largest absolute Gasteiger partial charge is 0.291 e. The molecule has 0 aliphatic rings. The Morgan fingerprint density at radius 3 is 2.11 bits per heavy atom. The minimum Gasteiger partial charge on any atom is -0.291 e. The third-order valence-corrected chi connectivity index (χ3v) is 3.79. The molecule has 0 spiro atoms. The lowest BCUT2D eigenvalue weighted by Crippen LogP contribution is -2.01. The molecule has 0 N–H and O–H groups in total. The minimum absolute atomic E-state index is 0.0323. The molecule has 0 rings (SSSR count). The van der Waals surface area contributed by atoms with Crippen molar-refractivity contribution in [2.24, 2.45) is 0 Å². The number of unbranched alkanes of at least 4 members (excludes halogenated alkanes) is 5. The van der Waals surface area contributed by atoms with Crippen LogP contribution in [0, 0.1) is 20.2 Å². The van der Waals surface area contributed by atoms with Crippen molar-refractivity contribution < 1.29 is 14.6 Å². The Morgan fingerprint density at radius 1 is 0.852 bits per heavy atom. The molecule has 0 amide bonds. The predicted molar refractivity (Wildman–Crippen MR) is 106 cm³/mol. The summed E-state index contributed by atoms with van der Waals surface area (Å²) in [5.74, 6) is 0. The average molecular weight is 377 g/mol. The van der Waals surface area contributed by atoms with Crippen LogP contribution in [0.15, 0.2) is 47.9 Å². The molecule has 1 radical (unpaired) electrons. The van der Waals surface area contributed by atoms with E-state index in [1.54, 1.807) is 18.4 Å². The van der Waals surface area contributed by atoms with Gasteiger partial charge in [0.15, 0.2) is 6.29 Å². The van der Waals surface area contributed by atoms with Crippen LogP contribution in [0.4, 0.5) is 0 Å². The van der Waals surface area contributed by atoms with Gasteiger partial charge in [0.2, 0.25) is 11.4 Å². The van der Waals surface area contributed by atoms with E-state index < -0.39 is 9.85 Å². The van der Waals surface area contributed by atoms with Gasteiger partial charge < -0.3 is 0 Å². The summed E-state index contributed by atoms with van der Waals surface area (Å²) in [5.41, 5.74) is -0.0951. The molecular weight excluding hydrogens is 348 g/mol. The smallest absolute Gasteiger partial charge is 0.246 e. The highest BCUT2D eigenvalue weighted by Gasteiger charge is 2.13. The molecule has 0 aromatic heterocycles. The van der Waals surface area contributed by atoms with Crippen LogP contribution in [-0.2, 0) is 4.79 Å². The second-order valence-electron chi connectivity index (χ2n) is 6.02. The van der Waals surface area contributed by atoms with Crippen LogP contribution in [0.2, 0.25) is 0 Å². The van der Waals surface area contributed by atoms with Crippen molar-refractivity contribution in [3.05, 3.63) is 68.1 Å². The summed E-state index contributed by atoms with van der Waals surface area (Å²) in [4.78, 5) is 31.3. The lowest BCUT2D eigenvalue weighted by Gasteiger charge is -1.97. The van der Waals surface area contributed by atoms with Gasteiger partial charge in [-0.3, -0.25) is 25.0 Å². The Kier molecular flexibility index (Phi) is 15.3. The van der Waals surface area contributed by atoms with E-state index in [1.807, 2.05) is 12.2 Å². The summed E-state index contributed by atoms with van der Waals surface area (Å²) in [6, 6.07) is 0. The number of nitrogens with zero attached hydrogens (tertiary/aromatic N) is 2. The Balaban J connectivity index is 4.64. The van der Waals surface area contributed by atoms with E-state index >= 15 is 0 Å². The minimum atomic E-state index is -0.510. The molecule has 0 heterocycles. The van der Waals surface area contributed by atoms with Crippen molar-refractivity contribution in [1.29, 1.82) is 0 Å². The number of nitro groups is 2. The van der Waals surface area contributed by atoms with Crippen LogP contribution in [0.3, 0.4) is 0 Å². The Hall–Kier alpha value is -2.57. The zero-order valence-electron chi connectivity index (χ0n) is 16.0. The number of carbonyl (C=O) groups excluding carboxylic acids is 1. The van der Waals surface area contributed by atoms with Crippen molar-refractivity contribution in [3.63, 3.8) is 0 Å². The summed E-state index contributed by atoms with van der Waals surface area (Å²) in [6.45, 7) is 2.11. The molecule has 0 saturated carbocycles. The van der Waals surface area contributed by atoms with Crippen molar-refractivity contribution in [1.82, 2.24) is 0 Å². The van der Waals surface area contributed by atoms with Gasteiger partial charge in [-0.15, -0.1) is 0 Å². The lowest BCUT2D eigenvalue weighted by atomic mass is 10.1. The molecule has 27 heavy (non-hydrogen) atoms. The summed E-state index contributed by atoms with van der Waals surface area (Å²) in [5, 5.41) is 22.2. The van der Waals surface area contributed by atoms with Gasteiger partial charge in [-0.1, -0.05) is 44.1 Å². The fourth-order valence-corrected chi connectivity index (χ4v) is 2.23. The maximum absolute atomic E-state index is 11.1. The number of hydrogen-bond donors (Lipinski definition) is 0. The molecule has 0 saturated heterocycles. The second kappa shape index (κ2) is 16.9. The van der Waals surface area contributed by atoms with Crippen molar-refractivity contribution in [2.75, 3.05) is 0 Å². The van der Waals surface area contributed by atoms with Crippen LogP contribution < -0.4 is 0 Å². The van der Waals surface area contributed by atoms with E-state index in [9.17, 15) is 25.0 Å². The van der Waals surface area contributed by atoms with Crippen LogP contribution in [-0.4, -0.2) is 16.1 Å². The van der Waals surface area contributed by atoms with E-state index in [-0.39, 0.29) is 24.2 Å². The normalized spacial score (nSPS) is 12.8. The fraction of sp³-hybridized carbons (Fsp3) is 0.550. The van der Waals surface area contributed by atoms with E-state index in [0.717, 1.165) is 25.7 Å². The maximum atomic E-state index is 11.1. The SMILES string of the molecule is CCCCC/C=C/C/C(=C/C/C(=C/C/C=C/CCC[C]=O)[N+](=O)[O-])[N+](=O)[O-]. The molecule has 0 aliphatic carbocycles. The van der Waals surface area contributed by atoms with E-state index in [4.69, 9.17) is 0 Å². The van der Waals surface area contributed by atoms with Crippen molar-refractivity contribution in [3.8, 4) is 0 Å². The van der Waals surface area contributed by atoms with Gasteiger partial charge in [0.05, 0.1) is 22.7 Å². The summed E-state index contributed by atoms with van der Waals surface area (Å²) < 4.78 is 0. The van der Waals surface area contributed by atoms with Gasteiger partial charge >= 0.3 is 0 Å². The van der Waals surface area contributed by atoms with Crippen LogP contribution in [0.25, 0.3) is 0 Å². The number of rotatable bonds is 16. The van der Waals surface area contributed by atoms with Gasteiger partial charge in [0.1, 0.15) is 0 Å². The maximum Gasteiger partial charge on any atom is 0.246 e. The molecule has 0 fully saturated rings. The quantitative estimate of drug-likeness (QED) is 0.154. The van der Waals surface area contributed by atoms with E-state index in [2.05, 4.69) is 6.92 Å². The molecule has 0 bridgehead atoms. The van der Waals surface area contributed by atoms with Gasteiger partial charge in [-0.2, -0.15) is 0 Å². The van der Waals surface area contributed by atoms with Crippen LogP contribution in [0.1, 0.15) is 71.1 Å². The molecule has 0 aliphatic heterocycles. The summed E-state index contributed by atoms with van der Waals surface area (Å²) in [7, 11) is 0. The molecule has 149 valence electrons. The molecular formula is C20H29N2O5. The zero-order chi connectivity index (χ0) is 20.3. The zero-order valence-corrected chi connectivity index (χ0v) is 16.0. The average Bonchev–Trinajstić information content (AvgIpc) is 2.63. The second-order valence-corrected chi connectivity index (χ2v) is 6.02. The van der Waals surface area contributed by atoms with Gasteiger partial charge in [-0.05, 0) is 44.3 Å². The molecule has 0 unspecified atom stereocenters. The first-order valence-corrected chi connectivity index (χ1v) is 9.34. The Morgan fingerprint density at radius 2 is 1.48 bits per heavy atom. The summed E-state index contributed by atoms with van der Waals surface area (Å²) >= 11 is 0. The highest BCUT2D eigenvalue weighted by atomic mass is 16.6. The first-order valence-electron chi connectivity index (χ1n) is 9.34. The van der Waals surface area contributed by atoms with Crippen LogP contribution in [0.5, 0.6) is 0 Å². The highest BCUT2D eigenvalue weighted by molar-refractivity contribution is 5.50. The van der Waals surface area contributed by atoms with Gasteiger partial charge in [0, 0.05) is 6.42 Å². The van der Waals surface area contributed by atoms with Crippen molar-refractivity contribution in [2.45, 2.75) is 71.1 Å². The lowest BCUT2D eigenvalue weighted by molar-refractivity contribution is -0.431. The fourth-order valence-electron chi connectivity index (χ4n) is 2.23. The van der Waals surface area contributed by atoms with Gasteiger partial charge in [0.25, 0.3) is 0 Å². The monoisotopic (exact) mass is 377 g/mol. The van der Waals surface area contributed by atoms with Crippen LogP contribution >= 0.6 is 0 Å². The highest BCUT2D eigenvalue weighted by Crippen LogP contribution is 2.12. The van der Waals surface area contributed by atoms with E-state index in [0.29, 0.717) is 25.7 Å². The Labute approximate surface area is 160 Å². The van der Waals surface area contributed by atoms with Crippen molar-refractivity contribution >= 4 is 6.29 Å². The van der Waals surface area contributed by atoms with Gasteiger partial charge in [-0.25, -0.2) is 0 Å². The molecule has 7 heteroatoms. The predicted octanol–water partition coefficient (Wildman–Crippen LogP) is 5.45. The Bertz CT molecular complexity index is 577. The standard InChI is InChI=1S/C20H29N2O5/c1-2-3-4-5-8-11-14-19(21(24)25)16-17-20(22(26)27)15-12-9-6-7-10-13-18-23/h6,8-9,11,15-16H,2-5,7,10,12-14,17H2,1H3/b9-6+,11-8+,19-16-,20-15-. The topological polar surface area (TPSA) is 103 Å².